The Labute approximate surface area is 296 Å². The number of aliphatic hydroxyl groups is 4. The van der Waals surface area contributed by atoms with Crippen molar-refractivity contribution in [3.8, 4) is 0 Å². The van der Waals surface area contributed by atoms with Gasteiger partial charge < -0.3 is 48.8 Å². The van der Waals surface area contributed by atoms with E-state index in [9.17, 15) is 30.0 Å². The third kappa shape index (κ3) is 8.78. The molecule has 0 aromatic carbocycles. The molecule has 0 amide bonds. The Balaban J connectivity index is 1.79. The second-order valence-electron chi connectivity index (χ2n) is 15.8. The lowest BCUT2D eigenvalue weighted by atomic mass is 9.70. The molecular formula is C38H60O12. The average Bonchev–Trinajstić information content (AvgIpc) is 3.00. The molecule has 6 bridgehead atoms. The molecule has 4 N–H and O–H groups in total. The molecule has 50 heavy (non-hydrogen) atoms. The average molecular weight is 709 g/mol. The van der Waals surface area contributed by atoms with Crippen LogP contribution >= 0.6 is 0 Å². The maximum Gasteiger partial charge on any atom is 0.308 e. The van der Waals surface area contributed by atoms with Gasteiger partial charge in [-0.1, -0.05) is 51.5 Å². The van der Waals surface area contributed by atoms with Crippen LogP contribution in [0.25, 0.3) is 0 Å². The number of esters is 1. The minimum Gasteiger partial charge on any atom is -0.459 e. The van der Waals surface area contributed by atoms with Crippen molar-refractivity contribution in [3.63, 3.8) is 0 Å². The van der Waals surface area contributed by atoms with E-state index >= 15 is 0 Å². The van der Waals surface area contributed by atoms with Crippen LogP contribution < -0.4 is 0 Å². The van der Waals surface area contributed by atoms with E-state index in [1.807, 2.05) is 39.0 Å². The molecule has 0 saturated carbocycles. The fourth-order valence-corrected chi connectivity index (χ4v) is 8.04. The molecule has 0 aliphatic carbocycles. The van der Waals surface area contributed by atoms with Gasteiger partial charge >= 0.3 is 5.97 Å². The number of cyclic esters (lactones) is 1. The van der Waals surface area contributed by atoms with Crippen LogP contribution in [0.15, 0.2) is 35.5 Å². The highest BCUT2D eigenvalue weighted by molar-refractivity contribution is 5.88. The van der Waals surface area contributed by atoms with Gasteiger partial charge in [0.25, 0.3) is 0 Å². The smallest absolute Gasteiger partial charge is 0.308 e. The third-order valence-electron chi connectivity index (χ3n) is 11.2. The van der Waals surface area contributed by atoms with Gasteiger partial charge in [-0.15, -0.1) is 0 Å². The van der Waals surface area contributed by atoms with Crippen molar-refractivity contribution in [1.29, 1.82) is 0 Å². The Morgan fingerprint density at radius 2 is 1.68 bits per heavy atom. The Hall–Kier alpha value is -2.00. The molecular weight excluding hydrogens is 648 g/mol. The maximum atomic E-state index is 13.2. The second-order valence-corrected chi connectivity index (χ2v) is 15.8. The van der Waals surface area contributed by atoms with E-state index in [0.717, 1.165) is 5.57 Å². The predicted molar refractivity (Wildman–Crippen MR) is 184 cm³/mol. The van der Waals surface area contributed by atoms with Gasteiger partial charge in [0.1, 0.15) is 12.2 Å². The zero-order chi connectivity index (χ0) is 37.2. The number of rotatable bonds is 4. The van der Waals surface area contributed by atoms with Crippen LogP contribution in [0.1, 0.15) is 99.8 Å². The number of methoxy groups -OCH3 is 2. The molecule has 0 aromatic rings. The SMILES string of the molecule is C/C=C1\CC2/C=C/C(C)(C)C3(O)OC(C/C(=C\C(C)=O)C3OC)CC(C(C)O)OC(=O)CC(O)CC3CC(OC)C(C)(C)C(O)(CC(C1)O2)O3. The van der Waals surface area contributed by atoms with Crippen LogP contribution in [0.5, 0.6) is 0 Å². The van der Waals surface area contributed by atoms with Crippen LogP contribution in [-0.2, 0) is 38.0 Å². The van der Waals surface area contributed by atoms with Gasteiger partial charge in [0.05, 0.1) is 49.1 Å². The van der Waals surface area contributed by atoms with E-state index in [0.29, 0.717) is 24.8 Å². The fourth-order valence-electron chi connectivity index (χ4n) is 8.04. The number of ether oxygens (including phenoxy) is 6. The molecule has 11 atom stereocenters. The van der Waals surface area contributed by atoms with E-state index in [1.54, 1.807) is 21.0 Å². The Morgan fingerprint density at radius 1 is 0.980 bits per heavy atom. The summed E-state index contributed by atoms with van der Waals surface area (Å²) in [5.41, 5.74) is -0.329. The van der Waals surface area contributed by atoms with Crippen LogP contribution in [0, 0.1) is 10.8 Å². The number of hydrogen-bond acceptors (Lipinski definition) is 12. The Morgan fingerprint density at radius 3 is 2.28 bits per heavy atom. The van der Waals surface area contributed by atoms with Gasteiger partial charge in [-0.25, -0.2) is 0 Å². The molecule has 3 fully saturated rings. The first-order valence-corrected chi connectivity index (χ1v) is 17.9. The van der Waals surface area contributed by atoms with Crippen molar-refractivity contribution in [2.45, 2.75) is 166 Å². The highest BCUT2D eigenvalue weighted by Crippen LogP contribution is 2.50. The molecule has 4 heterocycles. The van der Waals surface area contributed by atoms with Gasteiger partial charge in [-0.2, -0.15) is 0 Å². The van der Waals surface area contributed by atoms with Crippen LogP contribution in [-0.4, -0.2) is 113 Å². The Kier molecular flexibility index (Phi) is 13.0. The van der Waals surface area contributed by atoms with Crippen molar-refractivity contribution in [3.05, 3.63) is 35.5 Å². The van der Waals surface area contributed by atoms with Crippen molar-refractivity contribution in [2.75, 3.05) is 14.2 Å². The lowest BCUT2D eigenvalue weighted by Crippen LogP contribution is -2.62. The number of ketones is 1. The summed E-state index contributed by atoms with van der Waals surface area (Å²) < 4.78 is 36.8. The minimum atomic E-state index is -2.00. The lowest BCUT2D eigenvalue weighted by molar-refractivity contribution is -0.350. The molecule has 0 aromatic heterocycles. The summed E-state index contributed by atoms with van der Waals surface area (Å²) in [5, 5.41) is 46.4. The van der Waals surface area contributed by atoms with E-state index in [1.165, 1.54) is 27.0 Å². The van der Waals surface area contributed by atoms with Gasteiger partial charge in [0.2, 0.25) is 5.79 Å². The predicted octanol–water partition coefficient (Wildman–Crippen LogP) is 3.82. The highest BCUT2D eigenvalue weighted by Gasteiger charge is 2.58. The molecule has 4 aliphatic heterocycles. The van der Waals surface area contributed by atoms with Crippen molar-refractivity contribution < 1.29 is 58.4 Å². The van der Waals surface area contributed by atoms with Crippen molar-refractivity contribution >= 4 is 11.8 Å². The number of hydrogen-bond donors (Lipinski definition) is 4. The summed E-state index contributed by atoms with van der Waals surface area (Å²) in [7, 11) is 3.02. The number of fused-ring (bicyclic) bond motifs is 6. The quantitative estimate of drug-likeness (QED) is 0.190. The molecule has 11 unspecified atom stereocenters. The van der Waals surface area contributed by atoms with Crippen LogP contribution in [0.3, 0.4) is 0 Å². The van der Waals surface area contributed by atoms with Gasteiger partial charge in [-0.3, -0.25) is 9.59 Å². The first-order chi connectivity index (χ1) is 23.3. The normalized spacial score (nSPS) is 42.7. The van der Waals surface area contributed by atoms with Crippen LogP contribution in [0.2, 0.25) is 0 Å². The largest absolute Gasteiger partial charge is 0.459 e. The topological polar surface area (TPSA) is 170 Å². The van der Waals surface area contributed by atoms with Gasteiger partial charge in [0, 0.05) is 50.7 Å². The molecule has 12 nitrogen and oxygen atoms in total. The molecule has 0 spiro atoms. The zero-order valence-corrected chi connectivity index (χ0v) is 31.2. The summed E-state index contributed by atoms with van der Waals surface area (Å²) in [6.45, 7) is 12.2. The molecule has 12 heteroatoms. The van der Waals surface area contributed by atoms with E-state index in [-0.39, 0.29) is 37.9 Å². The minimum absolute atomic E-state index is 0.00523. The summed E-state index contributed by atoms with van der Waals surface area (Å²) in [4.78, 5) is 25.5. The van der Waals surface area contributed by atoms with E-state index in [2.05, 4.69) is 0 Å². The van der Waals surface area contributed by atoms with Crippen molar-refractivity contribution in [1.82, 2.24) is 0 Å². The number of carbonyl (C=O) groups is 2. The van der Waals surface area contributed by atoms with Gasteiger partial charge in [0.15, 0.2) is 11.6 Å². The summed E-state index contributed by atoms with van der Waals surface area (Å²) in [5.74, 6) is -4.67. The lowest BCUT2D eigenvalue weighted by Gasteiger charge is -2.54. The second kappa shape index (κ2) is 15.9. The Bertz CT molecular complexity index is 1300. The summed E-state index contributed by atoms with van der Waals surface area (Å²) in [6.07, 6.45) is 1.68. The zero-order valence-electron chi connectivity index (χ0n) is 31.2. The fraction of sp³-hybridized carbons (Fsp3) is 0.789. The summed E-state index contributed by atoms with van der Waals surface area (Å²) in [6, 6.07) is 0. The maximum absolute atomic E-state index is 13.2. The summed E-state index contributed by atoms with van der Waals surface area (Å²) >= 11 is 0. The van der Waals surface area contributed by atoms with Crippen molar-refractivity contribution in [2.24, 2.45) is 10.8 Å². The molecule has 4 aliphatic rings. The highest BCUT2D eigenvalue weighted by atomic mass is 16.7. The van der Waals surface area contributed by atoms with Crippen LogP contribution in [0.4, 0.5) is 0 Å². The third-order valence-corrected chi connectivity index (χ3v) is 11.2. The van der Waals surface area contributed by atoms with E-state index < -0.39 is 83.3 Å². The number of aliphatic hydroxyl groups excluding tert-OH is 2. The molecule has 3 saturated heterocycles. The standard InChI is InChI=1S/C38H60O12/c1-10-24-14-27-11-12-35(4,5)38(44)34(46-9)25(13-22(2)39)16-28(50-38)19-31(23(3)40)48-33(42)18-26(41)17-29-20-32(45-8)36(6,7)37(43,49-29)21-30(15-24)47-27/h10-13,23,26-32,34,40-41,43-44H,14-21H2,1-9H3/b12-11+,24-10+,25-13+. The first-order valence-electron chi connectivity index (χ1n) is 17.9. The van der Waals surface area contributed by atoms with Gasteiger partial charge in [-0.05, 0) is 51.7 Å². The molecule has 0 radical (unpaired) electrons. The van der Waals surface area contributed by atoms with E-state index in [4.69, 9.17) is 28.4 Å². The number of allylic oxidation sites excluding steroid dienone is 2. The number of carbonyl (C=O) groups excluding carboxylic acids is 2. The first kappa shape index (κ1) is 40.8. The monoisotopic (exact) mass is 708 g/mol. The molecule has 4 rings (SSSR count). The molecule has 284 valence electrons.